The summed E-state index contributed by atoms with van der Waals surface area (Å²) in [6, 6.07) is 0.445. The van der Waals surface area contributed by atoms with E-state index in [9.17, 15) is 13.2 Å². The van der Waals surface area contributed by atoms with Gasteiger partial charge in [-0.3, -0.25) is 4.90 Å². The van der Waals surface area contributed by atoms with E-state index in [1.54, 1.807) is 0 Å². The van der Waals surface area contributed by atoms with E-state index in [4.69, 9.17) is 4.74 Å². The molecule has 2 unspecified atom stereocenters. The van der Waals surface area contributed by atoms with E-state index >= 15 is 0 Å². The number of ether oxygens (including phenoxy) is 1. The van der Waals surface area contributed by atoms with Crippen molar-refractivity contribution < 1.29 is 17.9 Å². The lowest BCUT2D eigenvalue weighted by Crippen LogP contribution is -2.38. The molecule has 2 rings (SSSR count). The topological polar surface area (TPSA) is 24.5 Å². The fourth-order valence-corrected chi connectivity index (χ4v) is 2.85. The molecule has 6 heteroatoms. The molecule has 2 heterocycles. The molecule has 0 aliphatic carbocycles. The Hall–Kier alpha value is -0.590. The van der Waals surface area contributed by atoms with E-state index in [1.165, 1.54) is 6.08 Å². The van der Waals surface area contributed by atoms with Crippen LogP contribution < -0.4 is 5.32 Å². The minimum Gasteiger partial charge on any atom is -0.372 e. The second kappa shape index (κ2) is 7.11. The van der Waals surface area contributed by atoms with E-state index in [0.29, 0.717) is 19.1 Å². The number of nitrogens with zero attached hydrogens (tertiary/aromatic N) is 1. The molecule has 0 aromatic carbocycles. The third kappa shape index (κ3) is 5.27. The maximum Gasteiger partial charge on any atom is 0.412 e. The molecular weight excluding hydrogens is 281 g/mol. The summed E-state index contributed by atoms with van der Waals surface area (Å²) < 4.78 is 43.6. The van der Waals surface area contributed by atoms with Gasteiger partial charge in [-0.15, -0.1) is 0 Å². The number of alkyl halides is 3. The quantitative estimate of drug-likeness (QED) is 0.791. The van der Waals surface area contributed by atoms with Gasteiger partial charge in [0.05, 0.1) is 12.2 Å². The zero-order chi connectivity index (χ0) is 15.5. The average Bonchev–Trinajstić information content (AvgIpc) is 2.83. The van der Waals surface area contributed by atoms with Crippen LogP contribution in [0.5, 0.6) is 0 Å². The summed E-state index contributed by atoms with van der Waals surface area (Å²) in [7, 11) is 0. The zero-order valence-electron chi connectivity index (χ0n) is 12.7. The lowest BCUT2D eigenvalue weighted by molar-refractivity contribution is -0.0963. The Balaban J connectivity index is 1.71. The largest absolute Gasteiger partial charge is 0.412 e. The maximum atomic E-state index is 12.6. The van der Waals surface area contributed by atoms with Crippen LogP contribution in [-0.2, 0) is 4.74 Å². The summed E-state index contributed by atoms with van der Waals surface area (Å²) in [5, 5.41) is 3.36. The van der Waals surface area contributed by atoms with Crippen LogP contribution in [0.4, 0.5) is 13.2 Å². The van der Waals surface area contributed by atoms with Crippen LogP contribution in [0.2, 0.25) is 0 Å². The molecule has 0 radical (unpaired) electrons. The highest BCUT2D eigenvalue weighted by atomic mass is 19.4. The Morgan fingerprint density at radius 1 is 1.33 bits per heavy atom. The van der Waals surface area contributed by atoms with Crippen molar-refractivity contribution in [1.29, 1.82) is 0 Å². The van der Waals surface area contributed by atoms with Crippen LogP contribution in [0.15, 0.2) is 11.6 Å². The number of nitrogens with one attached hydrogen (secondary N) is 1. The lowest BCUT2D eigenvalue weighted by atomic mass is 10.1. The van der Waals surface area contributed by atoms with E-state index in [-0.39, 0.29) is 24.2 Å². The first kappa shape index (κ1) is 16.8. The SMILES string of the molecule is CC(C)NCC1CCC(CN2CC=C(C(F)(F)F)CC2)O1. The van der Waals surface area contributed by atoms with Gasteiger partial charge in [0.25, 0.3) is 0 Å². The summed E-state index contributed by atoms with van der Waals surface area (Å²) in [5.74, 6) is 0. The second-order valence-corrected chi connectivity index (χ2v) is 6.26. The van der Waals surface area contributed by atoms with Crippen molar-refractivity contribution in [3.05, 3.63) is 11.6 Å². The van der Waals surface area contributed by atoms with Crippen LogP contribution in [0.1, 0.15) is 33.1 Å². The van der Waals surface area contributed by atoms with Crippen LogP contribution in [-0.4, -0.2) is 55.5 Å². The molecule has 2 aliphatic heterocycles. The van der Waals surface area contributed by atoms with Crippen LogP contribution in [0.25, 0.3) is 0 Å². The molecule has 1 saturated heterocycles. The van der Waals surface area contributed by atoms with Crippen molar-refractivity contribution in [2.24, 2.45) is 0 Å². The Labute approximate surface area is 124 Å². The fourth-order valence-electron chi connectivity index (χ4n) is 2.85. The number of hydrogen-bond acceptors (Lipinski definition) is 3. The molecule has 21 heavy (non-hydrogen) atoms. The van der Waals surface area contributed by atoms with Crippen molar-refractivity contribution in [1.82, 2.24) is 10.2 Å². The van der Waals surface area contributed by atoms with E-state index in [0.717, 1.165) is 25.9 Å². The molecule has 1 N–H and O–H groups in total. The Bertz CT molecular complexity index is 368. The smallest absolute Gasteiger partial charge is 0.372 e. The molecule has 1 fully saturated rings. The zero-order valence-corrected chi connectivity index (χ0v) is 12.7. The fraction of sp³-hybridized carbons (Fsp3) is 0.867. The highest BCUT2D eigenvalue weighted by Crippen LogP contribution is 2.30. The maximum absolute atomic E-state index is 12.6. The van der Waals surface area contributed by atoms with E-state index < -0.39 is 6.18 Å². The van der Waals surface area contributed by atoms with Gasteiger partial charge in [-0.2, -0.15) is 13.2 Å². The van der Waals surface area contributed by atoms with E-state index in [2.05, 4.69) is 24.1 Å². The predicted molar refractivity (Wildman–Crippen MR) is 76.2 cm³/mol. The highest BCUT2D eigenvalue weighted by Gasteiger charge is 2.35. The van der Waals surface area contributed by atoms with Crippen molar-refractivity contribution in [3.63, 3.8) is 0 Å². The summed E-state index contributed by atoms with van der Waals surface area (Å²) >= 11 is 0. The van der Waals surface area contributed by atoms with Gasteiger partial charge >= 0.3 is 6.18 Å². The average molecular weight is 306 g/mol. The first-order chi connectivity index (χ1) is 9.84. The first-order valence-electron chi connectivity index (χ1n) is 7.72. The van der Waals surface area contributed by atoms with Gasteiger partial charge in [-0.05, 0) is 19.3 Å². The second-order valence-electron chi connectivity index (χ2n) is 6.26. The lowest BCUT2D eigenvalue weighted by Gasteiger charge is -2.29. The summed E-state index contributed by atoms with van der Waals surface area (Å²) in [6.07, 6.45) is -0.333. The normalized spacial score (nSPS) is 28.2. The Morgan fingerprint density at radius 2 is 2.05 bits per heavy atom. The third-order valence-electron chi connectivity index (χ3n) is 4.07. The minimum atomic E-state index is -4.16. The van der Waals surface area contributed by atoms with Crippen LogP contribution in [0.3, 0.4) is 0 Å². The van der Waals surface area contributed by atoms with Crippen LogP contribution in [0, 0.1) is 0 Å². The molecule has 0 aromatic heterocycles. The monoisotopic (exact) mass is 306 g/mol. The molecule has 0 spiro atoms. The number of hydrogen-bond donors (Lipinski definition) is 1. The molecule has 2 atom stereocenters. The van der Waals surface area contributed by atoms with Crippen molar-refractivity contribution in [2.75, 3.05) is 26.2 Å². The third-order valence-corrected chi connectivity index (χ3v) is 4.07. The molecule has 122 valence electrons. The van der Waals surface area contributed by atoms with Gasteiger partial charge in [-0.25, -0.2) is 0 Å². The predicted octanol–water partition coefficient (Wildman–Crippen LogP) is 2.73. The molecule has 0 amide bonds. The van der Waals surface area contributed by atoms with Gasteiger partial charge in [-0.1, -0.05) is 19.9 Å². The van der Waals surface area contributed by atoms with Gasteiger partial charge in [0.2, 0.25) is 0 Å². The summed E-state index contributed by atoms with van der Waals surface area (Å²) in [6.45, 7) is 6.64. The number of rotatable bonds is 5. The van der Waals surface area contributed by atoms with Gasteiger partial charge in [0, 0.05) is 37.8 Å². The standard InChI is InChI=1S/C15H25F3N2O/c1-11(2)19-9-13-3-4-14(21-13)10-20-7-5-12(6-8-20)15(16,17)18/h5,11,13-14,19H,3-4,6-10H2,1-2H3. The Morgan fingerprint density at radius 3 is 2.62 bits per heavy atom. The minimum absolute atomic E-state index is 0.0918. The Kier molecular flexibility index (Phi) is 5.68. The van der Waals surface area contributed by atoms with Crippen molar-refractivity contribution in [3.8, 4) is 0 Å². The highest BCUT2D eigenvalue weighted by molar-refractivity contribution is 5.13. The van der Waals surface area contributed by atoms with Gasteiger partial charge in [0.15, 0.2) is 0 Å². The molecule has 0 aromatic rings. The van der Waals surface area contributed by atoms with Gasteiger partial charge < -0.3 is 10.1 Å². The molecule has 0 bridgehead atoms. The van der Waals surface area contributed by atoms with Crippen molar-refractivity contribution >= 4 is 0 Å². The molecule has 2 aliphatic rings. The molecule has 3 nitrogen and oxygen atoms in total. The summed E-state index contributed by atoms with van der Waals surface area (Å²) in [4.78, 5) is 2.05. The number of halogens is 3. The van der Waals surface area contributed by atoms with Crippen molar-refractivity contribution in [2.45, 2.75) is 57.5 Å². The summed E-state index contributed by atoms with van der Waals surface area (Å²) in [5.41, 5.74) is -0.384. The van der Waals surface area contributed by atoms with Gasteiger partial charge in [0.1, 0.15) is 0 Å². The van der Waals surface area contributed by atoms with E-state index in [1.807, 2.05) is 0 Å². The van der Waals surface area contributed by atoms with Crippen LogP contribution >= 0.6 is 0 Å². The molecule has 0 saturated carbocycles. The molecular formula is C15H25F3N2O. The first-order valence-corrected chi connectivity index (χ1v) is 7.72.